The third-order valence-corrected chi connectivity index (χ3v) is 5.75. The van der Waals surface area contributed by atoms with Gasteiger partial charge in [-0.15, -0.1) is 11.3 Å². The average molecular weight is 329 g/mol. The van der Waals surface area contributed by atoms with Gasteiger partial charge in [0.15, 0.2) is 0 Å². The standard InChI is InChI=1S/C18H23N3OS/c1-12-17(23-11-20-12)15-8-6-14(7-9-15)13(2)21-10-4-3-5-16(21)18(19)22/h6-9,11,13,16H,3-5,10H2,1-2H3,(H2,19,22)/t13?,16-/m0/s1. The highest BCUT2D eigenvalue weighted by Gasteiger charge is 2.30. The Balaban J connectivity index is 1.81. The van der Waals surface area contributed by atoms with Crippen molar-refractivity contribution in [3.8, 4) is 10.4 Å². The van der Waals surface area contributed by atoms with Crippen LogP contribution in [-0.4, -0.2) is 28.4 Å². The van der Waals surface area contributed by atoms with E-state index in [0.29, 0.717) is 0 Å². The fraction of sp³-hybridized carbons (Fsp3) is 0.444. The van der Waals surface area contributed by atoms with E-state index in [1.807, 2.05) is 12.4 Å². The zero-order chi connectivity index (χ0) is 16.4. The molecular weight excluding hydrogens is 306 g/mol. The van der Waals surface area contributed by atoms with E-state index in [-0.39, 0.29) is 18.0 Å². The Hall–Kier alpha value is -1.72. The lowest BCUT2D eigenvalue weighted by Crippen LogP contribution is -2.48. The van der Waals surface area contributed by atoms with E-state index >= 15 is 0 Å². The van der Waals surface area contributed by atoms with Crippen LogP contribution in [0.4, 0.5) is 0 Å². The summed E-state index contributed by atoms with van der Waals surface area (Å²) < 4.78 is 0. The van der Waals surface area contributed by atoms with E-state index in [1.165, 1.54) is 16.0 Å². The van der Waals surface area contributed by atoms with E-state index in [4.69, 9.17) is 5.73 Å². The number of aryl methyl sites for hydroxylation is 1. The molecule has 2 aromatic rings. The highest BCUT2D eigenvalue weighted by molar-refractivity contribution is 7.13. The van der Waals surface area contributed by atoms with Crippen molar-refractivity contribution < 1.29 is 4.79 Å². The molecule has 4 nitrogen and oxygen atoms in total. The fourth-order valence-corrected chi connectivity index (χ4v) is 4.22. The van der Waals surface area contributed by atoms with Crippen molar-refractivity contribution in [1.29, 1.82) is 0 Å². The summed E-state index contributed by atoms with van der Waals surface area (Å²) in [5.74, 6) is -0.201. The Kier molecular flexibility index (Phi) is 4.78. The molecule has 1 amide bonds. The van der Waals surface area contributed by atoms with Crippen LogP contribution >= 0.6 is 11.3 Å². The lowest BCUT2D eigenvalue weighted by molar-refractivity contribution is -0.125. The van der Waals surface area contributed by atoms with Gasteiger partial charge in [0.05, 0.1) is 22.1 Å². The number of carbonyl (C=O) groups is 1. The number of aromatic nitrogens is 1. The maximum absolute atomic E-state index is 11.7. The van der Waals surface area contributed by atoms with Crippen LogP contribution in [0.1, 0.15) is 43.5 Å². The van der Waals surface area contributed by atoms with E-state index in [9.17, 15) is 4.79 Å². The number of nitrogens with two attached hydrogens (primary N) is 1. The molecule has 0 radical (unpaired) electrons. The lowest BCUT2D eigenvalue weighted by atomic mass is 9.96. The Morgan fingerprint density at radius 2 is 2.09 bits per heavy atom. The molecule has 0 aliphatic carbocycles. The van der Waals surface area contributed by atoms with Crippen LogP contribution in [0.5, 0.6) is 0 Å². The first-order valence-corrected chi connectivity index (χ1v) is 9.01. The van der Waals surface area contributed by atoms with Gasteiger partial charge in [-0.25, -0.2) is 4.98 Å². The number of carbonyl (C=O) groups excluding carboxylic acids is 1. The molecule has 1 aromatic heterocycles. The minimum Gasteiger partial charge on any atom is -0.368 e. The van der Waals surface area contributed by atoms with Crippen LogP contribution in [0.3, 0.4) is 0 Å². The van der Waals surface area contributed by atoms with Gasteiger partial charge in [-0.1, -0.05) is 30.7 Å². The van der Waals surface area contributed by atoms with E-state index in [1.54, 1.807) is 11.3 Å². The van der Waals surface area contributed by atoms with Crippen molar-refractivity contribution in [3.63, 3.8) is 0 Å². The number of rotatable bonds is 4. The second-order valence-electron chi connectivity index (χ2n) is 6.22. The molecule has 1 unspecified atom stereocenters. The number of benzene rings is 1. The summed E-state index contributed by atoms with van der Waals surface area (Å²) in [6, 6.07) is 8.68. The number of piperidine rings is 1. The third-order valence-electron chi connectivity index (χ3n) is 4.77. The van der Waals surface area contributed by atoms with E-state index < -0.39 is 0 Å². The number of nitrogens with zero attached hydrogens (tertiary/aromatic N) is 2. The van der Waals surface area contributed by atoms with Crippen molar-refractivity contribution in [2.45, 2.75) is 45.2 Å². The first-order valence-electron chi connectivity index (χ1n) is 8.13. The van der Waals surface area contributed by atoms with Crippen molar-refractivity contribution in [3.05, 3.63) is 41.0 Å². The average Bonchev–Trinajstić information content (AvgIpc) is 3.00. The first-order chi connectivity index (χ1) is 11.1. The summed E-state index contributed by atoms with van der Waals surface area (Å²) in [5.41, 5.74) is 11.0. The lowest BCUT2D eigenvalue weighted by Gasteiger charge is -2.38. The SMILES string of the molecule is Cc1ncsc1-c1ccc(C(C)N2CCCC[C@H]2C(N)=O)cc1. The van der Waals surface area contributed by atoms with Gasteiger partial charge < -0.3 is 5.73 Å². The second-order valence-corrected chi connectivity index (χ2v) is 7.07. The highest BCUT2D eigenvalue weighted by atomic mass is 32.1. The van der Waals surface area contributed by atoms with Gasteiger partial charge in [-0.3, -0.25) is 9.69 Å². The zero-order valence-corrected chi connectivity index (χ0v) is 14.5. The third kappa shape index (κ3) is 3.31. The van der Waals surface area contributed by atoms with Gasteiger partial charge in [-0.05, 0) is 44.4 Å². The Morgan fingerprint density at radius 1 is 1.35 bits per heavy atom. The van der Waals surface area contributed by atoms with Crippen molar-refractivity contribution in [1.82, 2.24) is 9.88 Å². The Bertz CT molecular complexity index is 680. The minimum absolute atomic E-state index is 0.137. The maximum atomic E-state index is 11.7. The number of hydrogen-bond donors (Lipinski definition) is 1. The molecule has 2 atom stereocenters. The van der Waals surface area contributed by atoms with E-state index in [2.05, 4.69) is 41.1 Å². The molecule has 0 saturated carbocycles. The summed E-state index contributed by atoms with van der Waals surface area (Å²) in [4.78, 5) is 19.5. The molecule has 1 fully saturated rings. The van der Waals surface area contributed by atoms with Crippen LogP contribution in [0.2, 0.25) is 0 Å². The maximum Gasteiger partial charge on any atom is 0.234 e. The minimum atomic E-state index is -0.201. The first kappa shape index (κ1) is 16.1. The summed E-state index contributed by atoms with van der Waals surface area (Å²) in [6.07, 6.45) is 3.09. The summed E-state index contributed by atoms with van der Waals surface area (Å²) in [7, 11) is 0. The van der Waals surface area contributed by atoms with Gasteiger partial charge in [0, 0.05) is 6.04 Å². The molecule has 1 aliphatic rings. The van der Waals surface area contributed by atoms with Crippen LogP contribution in [0, 0.1) is 6.92 Å². The van der Waals surface area contributed by atoms with Crippen molar-refractivity contribution in [2.75, 3.05) is 6.54 Å². The topological polar surface area (TPSA) is 59.2 Å². The van der Waals surface area contributed by atoms with Gasteiger partial charge in [0.2, 0.25) is 5.91 Å². The van der Waals surface area contributed by atoms with Crippen LogP contribution in [0.15, 0.2) is 29.8 Å². The number of likely N-dealkylation sites (tertiary alicyclic amines) is 1. The molecule has 3 rings (SSSR count). The quantitative estimate of drug-likeness (QED) is 0.933. The smallest absolute Gasteiger partial charge is 0.234 e. The summed E-state index contributed by atoms with van der Waals surface area (Å²) in [5, 5.41) is 0. The highest BCUT2D eigenvalue weighted by Crippen LogP contribution is 2.31. The predicted molar refractivity (Wildman–Crippen MR) is 94.2 cm³/mol. The molecule has 122 valence electrons. The number of amides is 1. The largest absolute Gasteiger partial charge is 0.368 e. The Labute approximate surface area is 141 Å². The summed E-state index contributed by atoms with van der Waals surface area (Å²) >= 11 is 1.67. The molecule has 1 aliphatic heterocycles. The van der Waals surface area contributed by atoms with Crippen LogP contribution < -0.4 is 5.73 Å². The molecule has 0 bridgehead atoms. The van der Waals surface area contributed by atoms with Gasteiger partial charge in [-0.2, -0.15) is 0 Å². The van der Waals surface area contributed by atoms with Crippen LogP contribution in [-0.2, 0) is 4.79 Å². The molecule has 2 N–H and O–H groups in total. The summed E-state index contributed by atoms with van der Waals surface area (Å²) in [6.45, 7) is 5.13. The second kappa shape index (κ2) is 6.81. The monoisotopic (exact) mass is 329 g/mol. The van der Waals surface area contributed by atoms with Crippen molar-refractivity contribution in [2.24, 2.45) is 5.73 Å². The number of thiazole rings is 1. The van der Waals surface area contributed by atoms with Crippen molar-refractivity contribution >= 4 is 17.2 Å². The molecule has 0 spiro atoms. The molecule has 5 heteroatoms. The molecule has 1 saturated heterocycles. The van der Waals surface area contributed by atoms with Gasteiger partial charge >= 0.3 is 0 Å². The van der Waals surface area contributed by atoms with E-state index in [0.717, 1.165) is 31.5 Å². The number of primary amides is 1. The fourth-order valence-electron chi connectivity index (χ4n) is 3.41. The number of hydrogen-bond acceptors (Lipinski definition) is 4. The zero-order valence-electron chi connectivity index (χ0n) is 13.7. The van der Waals surface area contributed by atoms with Gasteiger partial charge in [0.1, 0.15) is 0 Å². The van der Waals surface area contributed by atoms with Crippen LogP contribution in [0.25, 0.3) is 10.4 Å². The van der Waals surface area contributed by atoms with Gasteiger partial charge in [0.25, 0.3) is 0 Å². The predicted octanol–water partition coefficient (Wildman–Crippen LogP) is 3.52. The molecule has 23 heavy (non-hydrogen) atoms. The molecule has 1 aromatic carbocycles. The Morgan fingerprint density at radius 3 is 2.70 bits per heavy atom. The normalized spacial score (nSPS) is 20.3. The molecular formula is C18H23N3OS. The molecule has 2 heterocycles.